The van der Waals surface area contributed by atoms with Crippen molar-refractivity contribution in [2.75, 3.05) is 13.6 Å². The van der Waals surface area contributed by atoms with Gasteiger partial charge in [0, 0.05) is 12.6 Å². The third kappa shape index (κ3) is 4.49. The number of hydrogen-bond donors (Lipinski definition) is 2. The molecule has 0 aliphatic carbocycles. The molecule has 18 heavy (non-hydrogen) atoms. The standard InChI is InChI=1S/C10H14F2N2O2S.ClH/c1-7(13-2)6-14-17(15,16)8-3-4-9(11)10(12)5-8;/h3-5,7,13-14H,6H2,1-2H3;1H. The summed E-state index contributed by atoms with van der Waals surface area (Å²) in [5.74, 6) is -2.26. The van der Waals surface area contributed by atoms with Crippen LogP contribution >= 0.6 is 12.4 Å². The van der Waals surface area contributed by atoms with Crippen molar-refractivity contribution >= 4 is 22.4 Å². The van der Waals surface area contributed by atoms with Crippen molar-refractivity contribution in [3.8, 4) is 0 Å². The lowest BCUT2D eigenvalue weighted by molar-refractivity contribution is 0.503. The summed E-state index contributed by atoms with van der Waals surface area (Å²) >= 11 is 0. The number of nitrogens with one attached hydrogen (secondary N) is 2. The summed E-state index contributed by atoms with van der Waals surface area (Å²) in [4.78, 5) is -0.292. The molecule has 8 heteroatoms. The average molecular weight is 301 g/mol. The van der Waals surface area contributed by atoms with Crippen LogP contribution in [0, 0.1) is 11.6 Å². The molecule has 0 spiro atoms. The van der Waals surface area contributed by atoms with Gasteiger partial charge in [0.05, 0.1) is 4.90 Å². The van der Waals surface area contributed by atoms with Crippen LogP contribution in [0.25, 0.3) is 0 Å². The molecule has 0 bridgehead atoms. The van der Waals surface area contributed by atoms with Crippen molar-refractivity contribution in [1.82, 2.24) is 10.0 Å². The van der Waals surface area contributed by atoms with E-state index in [1.807, 2.05) is 0 Å². The molecule has 0 radical (unpaired) electrons. The van der Waals surface area contributed by atoms with Gasteiger partial charge in [-0.15, -0.1) is 12.4 Å². The average Bonchev–Trinajstić information content (AvgIpc) is 2.29. The van der Waals surface area contributed by atoms with Crippen LogP contribution in [-0.4, -0.2) is 28.1 Å². The molecule has 0 aliphatic rings. The number of halogens is 3. The molecule has 104 valence electrons. The monoisotopic (exact) mass is 300 g/mol. The van der Waals surface area contributed by atoms with Crippen LogP contribution < -0.4 is 10.0 Å². The molecular weight excluding hydrogens is 286 g/mol. The highest BCUT2D eigenvalue weighted by atomic mass is 35.5. The number of likely N-dealkylation sites (N-methyl/N-ethyl adjacent to an activating group) is 1. The summed E-state index contributed by atoms with van der Waals surface area (Å²) in [6.07, 6.45) is 0. The highest BCUT2D eigenvalue weighted by Crippen LogP contribution is 2.13. The molecule has 1 aromatic rings. The minimum atomic E-state index is -3.80. The van der Waals surface area contributed by atoms with Crippen molar-refractivity contribution in [2.24, 2.45) is 0 Å². The summed E-state index contributed by atoms with van der Waals surface area (Å²) in [5.41, 5.74) is 0. The predicted octanol–water partition coefficient (Wildman–Crippen LogP) is 1.27. The Hall–Kier alpha value is -0.760. The van der Waals surface area contributed by atoms with Crippen molar-refractivity contribution in [3.05, 3.63) is 29.8 Å². The van der Waals surface area contributed by atoms with Gasteiger partial charge in [0.25, 0.3) is 0 Å². The van der Waals surface area contributed by atoms with Crippen LogP contribution in [0.2, 0.25) is 0 Å². The lowest BCUT2D eigenvalue weighted by Gasteiger charge is -2.11. The SMILES string of the molecule is CNC(C)CNS(=O)(=O)c1ccc(F)c(F)c1.Cl. The molecule has 2 N–H and O–H groups in total. The zero-order chi connectivity index (χ0) is 13.1. The molecule has 1 unspecified atom stereocenters. The number of hydrogen-bond acceptors (Lipinski definition) is 3. The third-order valence-corrected chi connectivity index (χ3v) is 3.69. The fourth-order valence-corrected chi connectivity index (χ4v) is 2.21. The van der Waals surface area contributed by atoms with Crippen molar-refractivity contribution in [1.29, 1.82) is 0 Å². The first-order chi connectivity index (χ1) is 7.86. The quantitative estimate of drug-likeness (QED) is 0.861. The van der Waals surface area contributed by atoms with Crippen LogP contribution in [0.3, 0.4) is 0 Å². The lowest BCUT2D eigenvalue weighted by atomic mass is 10.3. The second kappa shape index (κ2) is 6.98. The van der Waals surface area contributed by atoms with Gasteiger partial charge in [-0.1, -0.05) is 0 Å². The fourth-order valence-electron chi connectivity index (χ4n) is 1.06. The number of rotatable bonds is 5. The normalized spacial score (nSPS) is 12.9. The Bertz CT molecular complexity index is 497. The van der Waals surface area contributed by atoms with E-state index in [1.165, 1.54) is 0 Å². The molecule has 0 saturated carbocycles. The molecule has 0 saturated heterocycles. The van der Waals surface area contributed by atoms with Crippen LogP contribution in [0.4, 0.5) is 8.78 Å². The molecule has 4 nitrogen and oxygen atoms in total. The number of sulfonamides is 1. The summed E-state index contributed by atoms with van der Waals surface area (Å²) in [6.45, 7) is 1.95. The Morgan fingerprint density at radius 1 is 1.28 bits per heavy atom. The summed E-state index contributed by atoms with van der Waals surface area (Å²) in [5, 5.41) is 2.85. The van der Waals surface area contributed by atoms with Crippen LogP contribution in [-0.2, 0) is 10.0 Å². The van der Waals surface area contributed by atoms with Gasteiger partial charge in [0.15, 0.2) is 11.6 Å². The first-order valence-corrected chi connectivity index (χ1v) is 6.47. The topological polar surface area (TPSA) is 58.2 Å². The van der Waals surface area contributed by atoms with Gasteiger partial charge in [0.1, 0.15) is 0 Å². The van der Waals surface area contributed by atoms with Gasteiger partial charge in [-0.25, -0.2) is 21.9 Å². The largest absolute Gasteiger partial charge is 0.316 e. The predicted molar refractivity (Wildman–Crippen MR) is 67.3 cm³/mol. The van der Waals surface area contributed by atoms with E-state index in [9.17, 15) is 17.2 Å². The second-order valence-corrected chi connectivity index (χ2v) is 5.38. The summed E-state index contributed by atoms with van der Waals surface area (Å²) < 4.78 is 51.2. The van der Waals surface area contributed by atoms with Crippen molar-refractivity contribution < 1.29 is 17.2 Å². The van der Waals surface area contributed by atoms with Gasteiger partial charge in [-0.3, -0.25) is 0 Å². The van der Waals surface area contributed by atoms with E-state index >= 15 is 0 Å². The maximum Gasteiger partial charge on any atom is 0.240 e. The number of benzene rings is 1. The van der Waals surface area contributed by atoms with Gasteiger partial charge in [-0.05, 0) is 32.2 Å². The molecule has 0 aliphatic heterocycles. The minimum absolute atomic E-state index is 0. The Morgan fingerprint density at radius 2 is 1.89 bits per heavy atom. The van der Waals surface area contributed by atoms with Crippen LogP contribution in [0.15, 0.2) is 23.1 Å². The Balaban J connectivity index is 0.00000289. The van der Waals surface area contributed by atoms with Crippen LogP contribution in [0.1, 0.15) is 6.92 Å². The Morgan fingerprint density at radius 3 is 2.39 bits per heavy atom. The zero-order valence-corrected chi connectivity index (χ0v) is 11.5. The molecule has 1 atom stereocenters. The molecule has 0 heterocycles. The van der Waals surface area contributed by atoms with Crippen LogP contribution in [0.5, 0.6) is 0 Å². The highest BCUT2D eigenvalue weighted by Gasteiger charge is 2.16. The van der Waals surface area contributed by atoms with E-state index in [4.69, 9.17) is 0 Å². The van der Waals surface area contributed by atoms with E-state index in [1.54, 1.807) is 14.0 Å². The van der Waals surface area contributed by atoms with Gasteiger partial charge in [0.2, 0.25) is 10.0 Å². The Labute approximate surface area is 111 Å². The second-order valence-electron chi connectivity index (χ2n) is 3.62. The van der Waals surface area contributed by atoms with E-state index in [0.29, 0.717) is 6.07 Å². The smallest absolute Gasteiger partial charge is 0.240 e. The first-order valence-electron chi connectivity index (χ1n) is 4.99. The molecular formula is C10H15ClF2N2O2S. The van der Waals surface area contributed by atoms with E-state index in [2.05, 4.69) is 10.0 Å². The van der Waals surface area contributed by atoms with E-state index in [-0.39, 0.29) is 29.9 Å². The Kier molecular flexibility index (Phi) is 6.69. The van der Waals surface area contributed by atoms with Crippen molar-refractivity contribution in [2.45, 2.75) is 17.9 Å². The van der Waals surface area contributed by atoms with Gasteiger partial charge in [-0.2, -0.15) is 0 Å². The third-order valence-electron chi connectivity index (χ3n) is 2.27. The molecule has 1 rings (SSSR count). The van der Waals surface area contributed by atoms with Gasteiger partial charge < -0.3 is 5.32 Å². The van der Waals surface area contributed by atoms with Crippen molar-refractivity contribution in [3.63, 3.8) is 0 Å². The maximum absolute atomic E-state index is 12.9. The molecule has 0 amide bonds. The lowest BCUT2D eigenvalue weighted by Crippen LogP contribution is -2.37. The first kappa shape index (κ1) is 17.2. The molecule has 0 fully saturated rings. The summed E-state index contributed by atoms with van der Waals surface area (Å²) in [6, 6.07) is 2.40. The minimum Gasteiger partial charge on any atom is -0.316 e. The molecule has 1 aromatic carbocycles. The molecule has 0 aromatic heterocycles. The zero-order valence-electron chi connectivity index (χ0n) is 9.91. The van der Waals surface area contributed by atoms with E-state index in [0.717, 1.165) is 12.1 Å². The van der Waals surface area contributed by atoms with Gasteiger partial charge >= 0.3 is 0 Å². The fraction of sp³-hybridized carbons (Fsp3) is 0.400. The maximum atomic E-state index is 12.9. The van der Waals surface area contributed by atoms with E-state index < -0.39 is 21.7 Å². The highest BCUT2D eigenvalue weighted by molar-refractivity contribution is 7.89. The summed E-state index contributed by atoms with van der Waals surface area (Å²) in [7, 11) is -2.11.